The second-order valence-corrected chi connectivity index (χ2v) is 8.31. The Labute approximate surface area is 201 Å². The predicted octanol–water partition coefficient (Wildman–Crippen LogP) is 4.55. The third-order valence-corrected chi connectivity index (χ3v) is 6.11. The van der Waals surface area contributed by atoms with Crippen molar-refractivity contribution in [2.75, 3.05) is 33.6 Å². The van der Waals surface area contributed by atoms with E-state index in [4.69, 9.17) is 18.9 Å². The van der Waals surface area contributed by atoms with Gasteiger partial charge in [-0.05, 0) is 30.3 Å². The zero-order valence-corrected chi connectivity index (χ0v) is 19.0. The monoisotopic (exact) mass is 520 g/mol. The number of carbonyl (C=O) groups is 1. The maximum Gasteiger partial charge on any atom is 0.416 e. The lowest BCUT2D eigenvalue weighted by Crippen LogP contribution is -2.54. The lowest BCUT2D eigenvalue weighted by molar-refractivity contribution is -0.140. The summed E-state index contributed by atoms with van der Waals surface area (Å²) in [7, 11) is 1.29. The molecular weight excluding hydrogens is 498 g/mol. The number of carbonyl (C=O) groups excluding carboxylic acids is 1. The van der Waals surface area contributed by atoms with Crippen molar-refractivity contribution < 1.29 is 50.1 Å². The lowest BCUT2D eigenvalue weighted by Gasteiger charge is -2.41. The van der Waals surface area contributed by atoms with E-state index in [0.717, 1.165) is 18.3 Å². The summed E-state index contributed by atoms with van der Waals surface area (Å²) < 4.78 is 98.5. The molecular formula is C23H22F6N2O5. The average Bonchev–Trinajstić information content (AvgIpc) is 3.27. The van der Waals surface area contributed by atoms with Gasteiger partial charge in [0.15, 0.2) is 11.5 Å². The third kappa shape index (κ3) is 5.36. The largest absolute Gasteiger partial charge is 0.493 e. The number of alkyl halides is 6. The zero-order chi connectivity index (χ0) is 26.1. The quantitative estimate of drug-likeness (QED) is 0.521. The highest BCUT2D eigenvalue weighted by Gasteiger charge is 2.52. The number of likely N-dealkylation sites (tertiary alicyclic amines) is 1. The molecule has 0 saturated carbocycles. The Balaban J connectivity index is 1.49. The first-order chi connectivity index (χ1) is 16.9. The number of rotatable bonds is 6. The van der Waals surface area contributed by atoms with Gasteiger partial charge in [0, 0.05) is 24.7 Å². The molecule has 2 atom stereocenters. The summed E-state index contributed by atoms with van der Waals surface area (Å²) in [6.07, 6.45) is -9.61. The Bertz CT molecular complexity index is 1110. The predicted molar refractivity (Wildman–Crippen MR) is 111 cm³/mol. The standard InChI is InChI=1S/C23H22F6N2O5/c1-33-17-10-14(2-3-16(17)34-9-6-22(24,25)26)20(32)31-8-5-21(19(12-31)35-13-36-21)18-11-15(4-7-30-18)23(27,28)29/h2-4,7,10-11,19H,5-6,8-9,12-13H2,1H3. The SMILES string of the molecule is COc1cc(C(=O)N2CCC3(c4cc(C(F)(F)F)ccn4)OCOC3C2)ccc1OCCC(F)(F)F. The molecule has 2 aromatic rings. The number of piperidine rings is 1. The molecule has 3 heterocycles. The first-order valence-electron chi connectivity index (χ1n) is 10.9. The molecule has 4 rings (SSSR count). The molecule has 2 aliphatic rings. The van der Waals surface area contributed by atoms with Crippen molar-refractivity contribution >= 4 is 5.91 Å². The fourth-order valence-corrected chi connectivity index (χ4v) is 4.24. The molecule has 2 aliphatic heterocycles. The molecule has 0 bridgehead atoms. The minimum absolute atomic E-state index is 0.0307. The van der Waals surface area contributed by atoms with Crippen LogP contribution in [0.2, 0.25) is 0 Å². The molecule has 2 fully saturated rings. The average molecular weight is 520 g/mol. The van der Waals surface area contributed by atoms with E-state index < -0.39 is 48.6 Å². The highest BCUT2D eigenvalue weighted by molar-refractivity contribution is 5.95. The van der Waals surface area contributed by atoms with Gasteiger partial charge >= 0.3 is 12.4 Å². The van der Waals surface area contributed by atoms with Crippen molar-refractivity contribution in [2.24, 2.45) is 0 Å². The van der Waals surface area contributed by atoms with Crippen LogP contribution in [0.25, 0.3) is 0 Å². The first-order valence-corrected chi connectivity index (χ1v) is 10.9. The molecule has 1 amide bonds. The van der Waals surface area contributed by atoms with Crippen LogP contribution in [0.15, 0.2) is 36.5 Å². The molecule has 1 aromatic carbocycles. The van der Waals surface area contributed by atoms with Gasteiger partial charge in [-0.25, -0.2) is 0 Å². The molecule has 2 saturated heterocycles. The van der Waals surface area contributed by atoms with Crippen LogP contribution in [-0.2, 0) is 21.3 Å². The Kier molecular flexibility index (Phi) is 7.06. The first kappa shape index (κ1) is 26.0. The van der Waals surface area contributed by atoms with E-state index in [1.54, 1.807) is 0 Å². The summed E-state index contributed by atoms with van der Waals surface area (Å²) in [6.45, 7) is -0.599. The van der Waals surface area contributed by atoms with E-state index in [1.165, 1.54) is 30.2 Å². The van der Waals surface area contributed by atoms with Crippen LogP contribution in [0, 0.1) is 0 Å². The zero-order valence-electron chi connectivity index (χ0n) is 19.0. The van der Waals surface area contributed by atoms with E-state index in [-0.39, 0.29) is 49.1 Å². The van der Waals surface area contributed by atoms with Crippen LogP contribution >= 0.6 is 0 Å². The van der Waals surface area contributed by atoms with Gasteiger partial charge in [0.2, 0.25) is 0 Å². The molecule has 0 spiro atoms. The van der Waals surface area contributed by atoms with E-state index in [1.807, 2.05) is 0 Å². The maximum atomic E-state index is 13.2. The highest BCUT2D eigenvalue weighted by Crippen LogP contribution is 2.43. The number of methoxy groups -OCH3 is 1. The van der Waals surface area contributed by atoms with E-state index in [0.29, 0.717) is 0 Å². The van der Waals surface area contributed by atoms with Gasteiger partial charge in [-0.1, -0.05) is 0 Å². The Morgan fingerprint density at radius 1 is 1.17 bits per heavy atom. The lowest BCUT2D eigenvalue weighted by atomic mass is 9.84. The van der Waals surface area contributed by atoms with Crippen LogP contribution in [0.1, 0.15) is 34.5 Å². The second kappa shape index (κ2) is 9.77. The molecule has 0 N–H and O–H groups in total. The van der Waals surface area contributed by atoms with Gasteiger partial charge in [-0.2, -0.15) is 26.3 Å². The molecule has 2 unspecified atom stereocenters. The molecule has 0 aliphatic carbocycles. The molecule has 36 heavy (non-hydrogen) atoms. The van der Waals surface area contributed by atoms with Crippen LogP contribution in [0.3, 0.4) is 0 Å². The molecule has 1 aromatic heterocycles. The number of nitrogens with zero attached hydrogens (tertiary/aromatic N) is 2. The molecule has 196 valence electrons. The van der Waals surface area contributed by atoms with Gasteiger partial charge in [0.25, 0.3) is 5.91 Å². The number of aromatic nitrogens is 1. The number of halogens is 6. The van der Waals surface area contributed by atoms with Crippen molar-refractivity contribution in [2.45, 2.75) is 36.9 Å². The molecule has 13 heteroatoms. The number of fused-ring (bicyclic) bond motifs is 1. The van der Waals surface area contributed by atoms with Crippen molar-refractivity contribution in [3.05, 3.63) is 53.3 Å². The Morgan fingerprint density at radius 3 is 2.64 bits per heavy atom. The molecule has 0 radical (unpaired) electrons. The summed E-state index contributed by atoms with van der Waals surface area (Å²) in [5.41, 5.74) is -1.82. The number of hydrogen-bond donors (Lipinski definition) is 0. The molecule has 7 nitrogen and oxygen atoms in total. The minimum atomic E-state index is -4.55. The fraction of sp³-hybridized carbons (Fsp3) is 0.478. The van der Waals surface area contributed by atoms with Crippen molar-refractivity contribution in [1.82, 2.24) is 9.88 Å². The van der Waals surface area contributed by atoms with Crippen LogP contribution < -0.4 is 9.47 Å². The van der Waals surface area contributed by atoms with E-state index >= 15 is 0 Å². The maximum absolute atomic E-state index is 13.2. The minimum Gasteiger partial charge on any atom is -0.493 e. The Morgan fingerprint density at radius 2 is 1.94 bits per heavy atom. The Hall–Kier alpha value is -3.06. The van der Waals surface area contributed by atoms with Crippen LogP contribution in [0.4, 0.5) is 26.3 Å². The van der Waals surface area contributed by atoms with Gasteiger partial charge < -0.3 is 23.8 Å². The second-order valence-electron chi connectivity index (χ2n) is 8.31. The number of pyridine rings is 1. The van der Waals surface area contributed by atoms with Crippen LogP contribution in [0.5, 0.6) is 11.5 Å². The summed E-state index contributed by atoms with van der Waals surface area (Å²) in [5, 5.41) is 0. The van der Waals surface area contributed by atoms with Crippen molar-refractivity contribution in [1.29, 1.82) is 0 Å². The smallest absolute Gasteiger partial charge is 0.416 e. The van der Waals surface area contributed by atoms with Gasteiger partial charge in [0.1, 0.15) is 18.5 Å². The van der Waals surface area contributed by atoms with E-state index in [2.05, 4.69) is 4.98 Å². The highest BCUT2D eigenvalue weighted by atomic mass is 19.4. The number of ether oxygens (including phenoxy) is 4. The summed E-state index contributed by atoms with van der Waals surface area (Å²) in [6, 6.07) is 5.90. The summed E-state index contributed by atoms with van der Waals surface area (Å²) >= 11 is 0. The fourth-order valence-electron chi connectivity index (χ4n) is 4.24. The van der Waals surface area contributed by atoms with Crippen LogP contribution in [-0.4, -0.2) is 61.7 Å². The normalized spacial score (nSPS) is 22.3. The number of hydrogen-bond acceptors (Lipinski definition) is 6. The van der Waals surface area contributed by atoms with Gasteiger partial charge in [-0.15, -0.1) is 0 Å². The van der Waals surface area contributed by atoms with E-state index in [9.17, 15) is 31.1 Å². The summed E-state index contributed by atoms with van der Waals surface area (Å²) in [4.78, 5) is 18.7. The number of benzene rings is 1. The van der Waals surface area contributed by atoms with Gasteiger partial charge in [0.05, 0.1) is 37.9 Å². The van der Waals surface area contributed by atoms with Crippen molar-refractivity contribution in [3.63, 3.8) is 0 Å². The number of amides is 1. The van der Waals surface area contributed by atoms with Gasteiger partial charge in [-0.3, -0.25) is 9.78 Å². The summed E-state index contributed by atoms with van der Waals surface area (Å²) in [5.74, 6) is -0.279. The topological polar surface area (TPSA) is 70.1 Å². The third-order valence-electron chi connectivity index (χ3n) is 6.11. The van der Waals surface area contributed by atoms with Crippen molar-refractivity contribution in [3.8, 4) is 11.5 Å².